The zero-order valence-corrected chi connectivity index (χ0v) is 9.79. The minimum atomic E-state index is 0.607. The first-order valence-electron chi connectivity index (χ1n) is 6.03. The third kappa shape index (κ3) is 2.34. The highest BCUT2D eigenvalue weighted by Crippen LogP contribution is 2.33. The average molecular weight is 203 g/mol. The van der Waals surface area contributed by atoms with E-state index in [0.29, 0.717) is 5.92 Å². The second-order valence-electron chi connectivity index (χ2n) is 5.10. The van der Waals surface area contributed by atoms with Crippen LogP contribution in [0.2, 0.25) is 0 Å². The molecule has 15 heavy (non-hydrogen) atoms. The monoisotopic (exact) mass is 203 g/mol. The predicted molar refractivity (Wildman–Crippen MR) is 65.2 cm³/mol. The van der Waals surface area contributed by atoms with Crippen molar-refractivity contribution in [3.63, 3.8) is 0 Å². The molecule has 2 aliphatic rings. The van der Waals surface area contributed by atoms with Crippen LogP contribution in [0.1, 0.15) is 39.5 Å². The van der Waals surface area contributed by atoms with Crippen molar-refractivity contribution in [2.75, 3.05) is 0 Å². The molecular formula is C14H21N. The Morgan fingerprint density at radius 3 is 2.73 bits per heavy atom. The first kappa shape index (κ1) is 10.5. The van der Waals surface area contributed by atoms with Crippen LogP contribution in [0.15, 0.2) is 35.1 Å². The highest BCUT2D eigenvalue weighted by molar-refractivity contribution is 5.45. The van der Waals surface area contributed by atoms with Gasteiger partial charge in [-0.05, 0) is 48.7 Å². The molecule has 2 rings (SSSR count). The van der Waals surface area contributed by atoms with Gasteiger partial charge in [0.05, 0.1) is 0 Å². The number of hydrogen-bond acceptors (Lipinski definition) is 1. The Kier molecular flexibility index (Phi) is 2.99. The second kappa shape index (κ2) is 4.26. The van der Waals surface area contributed by atoms with Gasteiger partial charge in [0.2, 0.25) is 0 Å². The summed E-state index contributed by atoms with van der Waals surface area (Å²) in [5.74, 6) is 1.42. The van der Waals surface area contributed by atoms with Crippen LogP contribution in [0.5, 0.6) is 0 Å². The fourth-order valence-electron chi connectivity index (χ4n) is 2.53. The minimum Gasteiger partial charge on any atom is -0.402 e. The van der Waals surface area contributed by atoms with E-state index in [9.17, 15) is 0 Å². The first-order valence-corrected chi connectivity index (χ1v) is 6.03. The van der Waals surface area contributed by atoms with Crippen LogP contribution in [-0.4, -0.2) is 0 Å². The number of rotatable bonds is 1. The fourth-order valence-corrected chi connectivity index (χ4v) is 2.53. The van der Waals surface area contributed by atoms with Gasteiger partial charge < -0.3 is 5.73 Å². The fraction of sp³-hybridized carbons (Fsp3) is 0.571. The molecule has 0 aromatic carbocycles. The van der Waals surface area contributed by atoms with Crippen LogP contribution in [-0.2, 0) is 0 Å². The van der Waals surface area contributed by atoms with Crippen LogP contribution < -0.4 is 5.73 Å². The SMILES string of the molecule is CC1C=CC(C2=CCCC(C)C2)=C(N)C1. The third-order valence-electron chi connectivity index (χ3n) is 3.44. The largest absolute Gasteiger partial charge is 0.402 e. The normalized spacial score (nSPS) is 31.7. The zero-order chi connectivity index (χ0) is 10.8. The van der Waals surface area contributed by atoms with Gasteiger partial charge in [-0.2, -0.15) is 0 Å². The lowest BCUT2D eigenvalue weighted by atomic mass is 9.83. The maximum absolute atomic E-state index is 6.13. The molecule has 0 fully saturated rings. The molecule has 82 valence electrons. The Labute approximate surface area is 92.7 Å². The van der Waals surface area contributed by atoms with E-state index in [2.05, 4.69) is 32.1 Å². The predicted octanol–water partition coefficient (Wildman–Crippen LogP) is 3.54. The molecule has 0 spiro atoms. The van der Waals surface area contributed by atoms with E-state index in [1.807, 2.05) is 0 Å². The lowest BCUT2D eigenvalue weighted by Crippen LogP contribution is -2.13. The first-order chi connectivity index (χ1) is 7.16. The van der Waals surface area contributed by atoms with Crippen molar-refractivity contribution < 1.29 is 0 Å². The molecule has 2 aliphatic carbocycles. The van der Waals surface area contributed by atoms with Gasteiger partial charge in [0.15, 0.2) is 0 Å². The third-order valence-corrected chi connectivity index (χ3v) is 3.44. The summed E-state index contributed by atoms with van der Waals surface area (Å²) in [6, 6.07) is 0. The summed E-state index contributed by atoms with van der Waals surface area (Å²) in [6.45, 7) is 4.55. The molecule has 0 heterocycles. The van der Waals surface area contributed by atoms with Gasteiger partial charge in [0.1, 0.15) is 0 Å². The van der Waals surface area contributed by atoms with Gasteiger partial charge in [-0.3, -0.25) is 0 Å². The smallest absolute Gasteiger partial charge is 0.0162 e. The molecule has 0 saturated carbocycles. The summed E-state index contributed by atoms with van der Waals surface area (Å²) in [7, 11) is 0. The Morgan fingerprint density at radius 2 is 2.07 bits per heavy atom. The van der Waals surface area contributed by atoms with Crippen LogP contribution >= 0.6 is 0 Å². The van der Waals surface area contributed by atoms with Crippen molar-refractivity contribution in [3.05, 3.63) is 35.1 Å². The van der Waals surface area contributed by atoms with E-state index in [1.54, 1.807) is 0 Å². The van der Waals surface area contributed by atoms with Crippen LogP contribution in [0.4, 0.5) is 0 Å². The van der Waals surface area contributed by atoms with Crippen molar-refractivity contribution in [2.45, 2.75) is 39.5 Å². The molecule has 2 atom stereocenters. The summed E-state index contributed by atoms with van der Waals surface area (Å²) in [5, 5.41) is 0. The summed E-state index contributed by atoms with van der Waals surface area (Å²) < 4.78 is 0. The molecule has 0 aliphatic heterocycles. The van der Waals surface area contributed by atoms with E-state index in [-0.39, 0.29) is 0 Å². The van der Waals surface area contributed by atoms with E-state index in [1.165, 1.54) is 30.4 Å². The van der Waals surface area contributed by atoms with Crippen molar-refractivity contribution in [1.29, 1.82) is 0 Å². The van der Waals surface area contributed by atoms with Gasteiger partial charge in [-0.25, -0.2) is 0 Å². The average Bonchev–Trinajstić information content (AvgIpc) is 2.17. The molecule has 1 heteroatoms. The summed E-state index contributed by atoms with van der Waals surface area (Å²) in [5.41, 5.74) is 10.0. The van der Waals surface area contributed by atoms with Crippen molar-refractivity contribution in [2.24, 2.45) is 17.6 Å². The van der Waals surface area contributed by atoms with E-state index >= 15 is 0 Å². The van der Waals surface area contributed by atoms with Crippen LogP contribution in [0.3, 0.4) is 0 Å². The van der Waals surface area contributed by atoms with Crippen molar-refractivity contribution >= 4 is 0 Å². The molecule has 2 N–H and O–H groups in total. The molecule has 0 bridgehead atoms. The highest BCUT2D eigenvalue weighted by Gasteiger charge is 2.17. The number of nitrogens with two attached hydrogens (primary N) is 1. The Bertz CT molecular complexity index is 333. The minimum absolute atomic E-state index is 0.607. The molecule has 0 amide bonds. The van der Waals surface area contributed by atoms with E-state index < -0.39 is 0 Å². The Hall–Kier alpha value is -0.980. The molecule has 2 unspecified atom stereocenters. The number of allylic oxidation sites excluding steroid dienone is 6. The molecule has 0 aromatic heterocycles. The van der Waals surface area contributed by atoms with Gasteiger partial charge in [0.25, 0.3) is 0 Å². The highest BCUT2D eigenvalue weighted by atomic mass is 14.6. The standard InChI is InChI=1S/C14H21N/c1-10-4-3-5-12(8-10)13-7-6-11(2)9-14(13)15/h5-7,10-11H,3-4,8-9,15H2,1-2H3. The summed E-state index contributed by atoms with van der Waals surface area (Å²) >= 11 is 0. The Balaban J connectivity index is 2.20. The van der Waals surface area contributed by atoms with Gasteiger partial charge in [-0.1, -0.05) is 32.1 Å². The van der Waals surface area contributed by atoms with Gasteiger partial charge >= 0.3 is 0 Å². The van der Waals surface area contributed by atoms with Gasteiger partial charge in [-0.15, -0.1) is 0 Å². The van der Waals surface area contributed by atoms with Crippen LogP contribution in [0, 0.1) is 11.8 Å². The maximum atomic E-state index is 6.13. The zero-order valence-electron chi connectivity index (χ0n) is 9.79. The Morgan fingerprint density at radius 1 is 1.27 bits per heavy atom. The van der Waals surface area contributed by atoms with E-state index in [0.717, 1.165) is 18.0 Å². The topological polar surface area (TPSA) is 26.0 Å². The van der Waals surface area contributed by atoms with Crippen LogP contribution in [0.25, 0.3) is 0 Å². The molecule has 0 saturated heterocycles. The lowest BCUT2D eigenvalue weighted by Gasteiger charge is -2.24. The summed E-state index contributed by atoms with van der Waals surface area (Å²) in [6.07, 6.45) is 11.7. The van der Waals surface area contributed by atoms with Crippen molar-refractivity contribution in [1.82, 2.24) is 0 Å². The molecule has 0 aromatic rings. The molecule has 1 nitrogen and oxygen atoms in total. The number of hydrogen-bond donors (Lipinski definition) is 1. The molecular weight excluding hydrogens is 182 g/mol. The lowest BCUT2D eigenvalue weighted by molar-refractivity contribution is 0.512. The second-order valence-corrected chi connectivity index (χ2v) is 5.10. The van der Waals surface area contributed by atoms with E-state index in [4.69, 9.17) is 5.73 Å². The summed E-state index contributed by atoms with van der Waals surface area (Å²) in [4.78, 5) is 0. The quantitative estimate of drug-likeness (QED) is 0.693. The van der Waals surface area contributed by atoms with Crippen molar-refractivity contribution in [3.8, 4) is 0 Å². The maximum Gasteiger partial charge on any atom is 0.0162 e. The van der Waals surface area contributed by atoms with Gasteiger partial charge in [0, 0.05) is 5.70 Å². The molecule has 0 radical (unpaired) electrons.